The highest BCUT2D eigenvalue weighted by atomic mass is 14.6. The second-order valence-corrected chi connectivity index (χ2v) is 3.28. The lowest BCUT2D eigenvalue weighted by atomic mass is 9.66. The highest BCUT2D eigenvalue weighted by Gasteiger charge is 2.38. The predicted octanol–water partition coefficient (Wildman–Crippen LogP) is 2.03. The predicted molar refractivity (Wildman–Crippen MR) is 45.4 cm³/mol. The van der Waals surface area contributed by atoms with Crippen molar-refractivity contribution in [2.24, 2.45) is 0 Å². The van der Waals surface area contributed by atoms with Crippen molar-refractivity contribution in [2.45, 2.75) is 24.7 Å². The zero-order valence-corrected chi connectivity index (χ0v) is 6.83. The Hall–Kier alpha value is -1.36. The Kier molecular flexibility index (Phi) is 1.58. The van der Waals surface area contributed by atoms with Crippen LogP contribution in [-0.4, -0.2) is 4.98 Å². The van der Waals surface area contributed by atoms with Crippen molar-refractivity contribution in [1.82, 2.24) is 4.98 Å². The van der Waals surface area contributed by atoms with Crippen molar-refractivity contribution < 1.29 is 0 Å². The molecule has 0 amide bonds. The van der Waals surface area contributed by atoms with Gasteiger partial charge in [0.25, 0.3) is 0 Å². The molecule has 0 radical (unpaired) electrons. The molecule has 1 aliphatic rings. The van der Waals surface area contributed by atoms with Gasteiger partial charge in [-0.3, -0.25) is 4.98 Å². The molecular formula is C10H10N2. The molecule has 12 heavy (non-hydrogen) atoms. The van der Waals surface area contributed by atoms with Gasteiger partial charge in [0.15, 0.2) is 0 Å². The molecule has 1 saturated carbocycles. The molecule has 0 atom stereocenters. The summed E-state index contributed by atoms with van der Waals surface area (Å²) in [5.41, 5.74) is 0.953. The van der Waals surface area contributed by atoms with Gasteiger partial charge in [0.1, 0.15) is 0 Å². The van der Waals surface area contributed by atoms with Crippen molar-refractivity contribution in [2.75, 3.05) is 0 Å². The first kappa shape index (κ1) is 7.30. The summed E-state index contributed by atoms with van der Waals surface area (Å²) in [6, 6.07) is 6.30. The van der Waals surface area contributed by atoms with Gasteiger partial charge in [-0.25, -0.2) is 0 Å². The molecule has 1 heterocycles. The van der Waals surface area contributed by atoms with E-state index in [-0.39, 0.29) is 5.41 Å². The Bertz CT molecular complexity index is 306. The van der Waals surface area contributed by atoms with E-state index < -0.39 is 0 Å². The number of aromatic nitrogens is 1. The molecule has 0 bridgehead atoms. The Labute approximate surface area is 71.9 Å². The molecule has 1 aromatic rings. The first-order valence-electron chi connectivity index (χ1n) is 4.19. The average molecular weight is 158 g/mol. The van der Waals surface area contributed by atoms with E-state index >= 15 is 0 Å². The van der Waals surface area contributed by atoms with E-state index in [9.17, 15) is 0 Å². The van der Waals surface area contributed by atoms with Crippen LogP contribution >= 0.6 is 0 Å². The number of hydrogen-bond acceptors (Lipinski definition) is 2. The summed E-state index contributed by atoms with van der Waals surface area (Å²) < 4.78 is 0. The maximum Gasteiger partial charge on any atom is 0.0823 e. The van der Waals surface area contributed by atoms with E-state index in [1.807, 2.05) is 12.1 Å². The largest absolute Gasteiger partial charge is 0.265 e. The molecular weight excluding hydrogens is 148 g/mol. The number of pyridine rings is 1. The smallest absolute Gasteiger partial charge is 0.0823 e. The summed E-state index contributed by atoms with van der Waals surface area (Å²) in [7, 11) is 0. The van der Waals surface area contributed by atoms with Crippen LogP contribution in [0, 0.1) is 11.3 Å². The lowest BCUT2D eigenvalue weighted by molar-refractivity contribution is 0.324. The normalized spacial score (nSPS) is 19.2. The SMILES string of the molecule is N#CC1(c2ccncc2)CCC1. The molecule has 0 aliphatic heterocycles. The molecule has 0 aromatic carbocycles. The first-order chi connectivity index (χ1) is 5.87. The molecule has 1 aliphatic carbocycles. The summed E-state index contributed by atoms with van der Waals surface area (Å²) in [5.74, 6) is 0. The fourth-order valence-electron chi connectivity index (χ4n) is 1.67. The van der Waals surface area contributed by atoms with E-state index in [1.54, 1.807) is 12.4 Å². The summed E-state index contributed by atoms with van der Waals surface area (Å²) in [5, 5.41) is 9.02. The van der Waals surface area contributed by atoms with Gasteiger partial charge in [0.05, 0.1) is 11.5 Å². The van der Waals surface area contributed by atoms with E-state index in [4.69, 9.17) is 5.26 Å². The van der Waals surface area contributed by atoms with Crippen LogP contribution in [0.2, 0.25) is 0 Å². The Morgan fingerprint density at radius 1 is 1.33 bits per heavy atom. The Morgan fingerprint density at radius 3 is 2.42 bits per heavy atom. The van der Waals surface area contributed by atoms with Gasteiger partial charge in [-0.05, 0) is 37.0 Å². The standard InChI is InChI=1S/C10H10N2/c11-8-10(4-1-5-10)9-2-6-12-7-3-9/h2-3,6-7H,1,4-5H2. The van der Waals surface area contributed by atoms with Crippen LogP contribution in [0.15, 0.2) is 24.5 Å². The average Bonchev–Trinajstić information content (AvgIpc) is 2.05. The maximum absolute atomic E-state index is 9.02. The van der Waals surface area contributed by atoms with Crippen LogP contribution in [0.1, 0.15) is 24.8 Å². The van der Waals surface area contributed by atoms with Crippen LogP contribution < -0.4 is 0 Å². The van der Waals surface area contributed by atoms with Gasteiger partial charge in [-0.15, -0.1) is 0 Å². The van der Waals surface area contributed by atoms with Crippen molar-refractivity contribution in [3.8, 4) is 6.07 Å². The van der Waals surface area contributed by atoms with Crippen molar-refractivity contribution in [3.63, 3.8) is 0 Å². The fraction of sp³-hybridized carbons (Fsp3) is 0.400. The monoisotopic (exact) mass is 158 g/mol. The summed E-state index contributed by atoms with van der Waals surface area (Å²) in [6.07, 6.45) is 6.70. The maximum atomic E-state index is 9.02. The Morgan fingerprint density at radius 2 is 2.00 bits per heavy atom. The van der Waals surface area contributed by atoms with Crippen LogP contribution in [0.3, 0.4) is 0 Å². The van der Waals surface area contributed by atoms with E-state index in [0.717, 1.165) is 18.4 Å². The third-order valence-corrected chi connectivity index (χ3v) is 2.65. The minimum Gasteiger partial charge on any atom is -0.265 e. The zero-order chi connectivity index (χ0) is 8.44. The molecule has 60 valence electrons. The van der Waals surface area contributed by atoms with Gasteiger partial charge in [0, 0.05) is 12.4 Å². The van der Waals surface area contributed by atoms with Gasteiger partial charge in [-0.1, -0.05) is 0 Å². The first-order valence-corrected chi connectivity index (χ1v) is 4.19. The second kappa shape index (κ2) is 2.60. The van der Waals surface area contributed by atoms with Crippen LogP contribution in [0.4, 0.5) is 0 Å². The molecule has 0 spiro atoms. The number of nitriles is 1. The molecule has 1 fully saturated rings. The van der Waals surface area contributed by atoms with E-state index in [1.165, 1.54) is 6.42 Å². The Balaban J connectivity index is 2.36. The lowest BCUT2D eigenvalue weighted by Crippen LogP contribution is -2.32. The van der Waals surface area contributed by atoms with Gasteiger partial charge >= 0.3 is 0 Å². The van der Waals surface area contributed by atoms with Gasteiger partial charge in [-0.2, -0.15) is 5.26 Å². The molecule has 2 heteroatoms. The van der Waals surface area contributed by atoms with E-state index in [0.29, 0.717) is 0 Å². The van der Waals surface area contributed by atoms with Crippen molar-refractivity contribution in [1.29, 1.82) is 5.26 Å². The van der Waals surface area contributed by atoms with Gasteiger partial charge in [0.2, 0.25) is 0 Å². The summed E-state index contributed by atoms with van der Waals surface area (Å²) in [6.45, 7) is 0. The molecule has 0 unspecified atom stereocenters. The molecule has 1 aromatic heterocycles. The highest BCUT2D eigenvalue weighted by Crippen LogP contribution is 2.42. The highest BCUT2D eigenvalue weighted by molar-refractivity contribution is 5.33. The van der Waals surface area contributed by atoms with Crippen LogP contribution in [-0.2, 0) is 5.41 Å². The summed E-state index contributed by atoms with van der Waals surface area (Å²) in [4.78, 5) is 3.94. The minimum atomic E-state index is -0.178. The topological polar surface area (TPSA) is 36.7 Å². The van der Waals surface area contributed by atoms with E-state index in [2.05, 4.69) is 11.1 Å². The fourth-order valence-corrected chi connectivity index (χ4v) is 1.67. The minimum absolute atomic E-state index is 0.178. The van der Waals surface area contributed by atoms with Crippen LogP contribution in [0.5, 0.6) is 0 Å². The lowest BCUT2D eigenvalue weighted by Gasteiger charge is -2.35. The number of hydrogen-bond donors (Lipinski definition) is 0. The second-order valence-electron chi connectivity index (χ2n) is 3.28. The zero-order valence-electron chi connectivity index (χ0n) is 6.83. The molecule has 2 nitrogen and oxygen atoms in total. The molecule has 2 rings (SSSR count). The molecule has 0 saturated heterocycles. The van der Waals surface area contributed by atoms with Gasteiger partial charge < -0.3 is 0 Å². The number of nitrogens with zero attached hydrogens (tertiary/aromatic N) is 2. The third kappa shape index (κ3) is 0.902. The quantitative estimate of drug-likeness (QED) is 0.627. The third-order valence-electron chi connectivity index (χ3n) is 2.65. The van der Waals surface area contributed by atoms with Crippen LogP contribution in [0.25, 0.3) is 0 Å². The number of rotatable bonds is 1. The van der Waals surface area contributed by atoms with Crippen molar-refractivity contribution in [3.05, 3.63) is 30.1 Å². The van der Waals surface area contributed by atoms with Crippen molar-refractivity contribution >= 4 is 0 Å². The summed E-state index contributed by atoms with van der Waals surface area (Å²) >= 11 is 0. The molecule has 0 N–H and O–H groups in total.